The second kappa shape index (κ2) is 4.92. The van der Waals surface area contributed by atoms with Crippen LogP contribution < -0.4 is 5.73 Å². The Balaban J connectivity index is 2.12. The highest BCUT2D eigenvalue weighted by Crippen LogP contribution is 2.39. The summed E-state index contributed by atoms with van der Waals surface area (Å²) < 4.78 is 0. The Morgan fingerprint density at radius 1 is 1.19 bits per heavy atom. The highest BCUT2D eigenvalue weighted by molar-refractivity contribution is 5.64. The standard InChI is InChI=1S/C18H23N3/c1-11-6-5-7-12(2)16(11)17-20-10-13-14(19)8-18(3,4)9-15(13)21-17/h5-7,10,14H,8-9,19H2,1-4H3. The zero-order valence-electron chi connectivity index (χ0n) is 13.3. The number of hydrogen-bond acceptors (Lipinski definition) is 3. The minimum absolute atomic E-state index is 0.0516. The van der Waals surface area contributed by atoms with Gasteiger partial charge in [-0.2, -0.15) is 0 Å². The lowest BCUT2D eigenvalue weighted by Crippen LogP contribution is -2.30. The van der Waals surface area contributed by atoms with Gasteiger partial charge in [-0.1, -0.05) is 32.0 Å². The average molecular weight is 281 g/mol. The number of benzene rings is 1. The monoisotopic (exact) mass is 281 g/mol. The van der Waals surface area contributed by atoms with Crippen molar-refractivity contribution in [1.29, 1.82) is 0 Å². The van der Waals surface area contributed by atoms with Crippen LogP contribution in [-0.2, 0) is 6.42 Å². The highest BCUT2D eigenvalue weighted by Gasteiger charge is 2.31. The molecule has 1 unspecified atom stereocenters. The first-order valence-corrected chi connectivity index (χ1v) is 7.55. The van der Waals surface area contributed by atoms with E-state index in [2.05, 4.69) is 50.9 Å². The first-order chi connectivity index (χ1) is 9.87. The SMILES string of the molecule is Cc1cccc(C)c1-c1ncc2c(n1)CC(C)(C)CC2N. The molecule has 21 heavy (non-hydrogen) atoms. The van der Waals surface area contributed by atoms with E-state index < -0.39 is 0 Å². The fourth-order valence-corrected chi connectivity index (χ4v) is 3.40. The quantitative estimate of drug-likeness (QED) is 0.866. The van der Waals surface area contributed by atoms with Gasteiger partial charge in [0.1, 0.15) is 0 Å². The van der Waals surface area contributed by atoms with Gasteiger partial charge in [0, 0.05) is 29.1 Å². The van der Waals surface area contributed by atoms with Crippen LogP contribution in [0.5, 0.6) is 0 Å². The molecule has 1 aliphatic carbocycles. The molecule has 3 rings (SSSR count). The largest absolute Gasteiger partial charge is 0.324 e. The lowest BCUT2D eigenvalue weighted by atomic mass is 9.74. The van der Waals surface area contributed by atoms with Crippen LogP contribution in [0.2, 0.25) is 0 Å². The minimum atomic E-state index is 0.0516. The van der Waals surface area contributed by atoms with Crippen molar-refractivity contribution < 1.29 is 0 Å². The summed E-state index contributed by atoms with van der Waals surface area (Å²) in [6.07, 6.45) is 3.89. The molecule has 3 heteroatoms. The summed E-state index contributed by atoms with van der Waals surface area (Å²) in [7, 11) is 0. The van der Waals surface area contributed by atoms with Crippen molar-refractivity contribution in [1.82, 2.24) is 9.97 Å². The maximum atomic E-state index is 6.29. The summed E-state index contributed by atoms with van der Waals surface area (Å²) >= 11 is 0. The molecular weight excluding hydrogens is 258 g/mol. The zero-order valence-corrected chi connectivity index (χ0v) is 13.3. The Kier molecular flexibility index (Phi) is 3.33. The third-order valence-electron chi connectivity index (χ3n) is 4.42. The van der Waals surface area contributed by atoms with Crippen LogP contribution in [0.4, 0.5) is 0 Å². The molecule has 0 fully saturated rings. The third kappa shape index (κ3) is 2.58. The summed E-state index contributed by atoms with van der Waals surface area (Å²) in [6.45, 7) is 8.74. The van der Waals surface area contributed by atoms with Gasteiger partial charge >= 0.3 is 0 Å². The van der Waals surface area contributed by atoms with E-state index in [4.69, 9.17) is 10.7 Å². The molecule has 3 nitrogen and oxygen atoms in total. The first kappa shape index (κ1) is 14.2. The second-order valence-electron chi connectivity index (χ2n) is 7.01. The lowest BCUT2D eigenvalue weighted by molar-refractivity contribution is 0.278. The van der Waals surface area contributed by atoms with E-state index >= 15 is 0 Å². The number of rotatable bonds is 1. The van der Waals surface area contributed by atoms with Gasteiger partial charge < -0.3 is 5.73 Å². The number of aromatic nitrogens is 2. The van der Waals surface area contributed by atoms with Crippen LogP contribution in [0.25, 0.3) is 11.4 Å². The van der Waals surface area contributed by atoms with Crippen LogP contribution in [-0.4, -0.2) is 9.97 Å². The molecule has 0 amide bonds. The molecule has 0 spiro atoms. The predicted octanol–water partition coefficient (Wildman–Crippen LogP) is 3.73. The maximum Gasteiger partial charge on any atom is 0.159 e. The maximum absolute atomic E-state index is 6.29. The number of nitrogens with two attached hydrogens (primary N) is 1. The number of hydrogen-bond donors (Lipinski definition) is 1. The third-order valence-corrected chi connectivity index (χ3v) is 4.42. The minimum Gasteiger partial charge on any atom is -0.324 e. The molecule has 2 aromatic rings. The van der Waals surface area contributed by atoms with Crippen LogP contribution >= 0.6 is 0 Å². The molecule has 0 bridgehead atoms. The van der Waals surface area contributed by atoms with Gasteiger partial charge in [0.15, 0.2) is 5.82 Å². The Labute approximate surface area is 126 Å². The van der Waals surface area contributed by atoms with E-state index in [1.807, 2.05) is 6.20 Å². The molecule has 110 valence electrons. The van der Waals surface area contributed by atoms with Crippen molar-refractivity contribution >= 4 is 0 Å². The summed E-state index contributed by atoms with van der Waals surface area (Å²) in [4.78, 5) is 9.45. The van der Waals surface area contributed by atoms with Crippen LogP contribution in [0.1, 0.15) is 48.7 Å². The second-order valence-corrected chi connectivity index (χ2v) is 7.01. The lowest BCUT2D eigenvalue weighted by Gasteiger charge is -2.34. The fraction of sp³-hybridized carbons (Fsp3) is 0.444. The van der Waals surface area contributed by atoms with Crippen molar-refractivity contribution in [3.63, 3.8) is 0 Å². The first-order valence-electron chi connectivity index (χ1n) is 7.55. The molecule has 0 saturated heterocycles. The van der Waals surface area contributed by atoms with Crippen LogP contribution in [0.15, 0.2) is 24.4 Å². The van der Waals surface area contributed by atoms with Gasteiger partial charge in [0.25, 0.3) is 0 Å². The van der Waals surface area contributed by atoms with Gasteiger partial charge in [-0.3, -0.25) is 0 Å². The van der Waals surface area contributed by atoms with Crippen LogP contribution in [0.3, 0.4) is 0 Å². The molecule has 1 aromatic heterocycles. The molecule has 0 radical (unpaired) electrons. The molecule has 0 aliphatic heterocycles. The summed E-state index contributed by atoms with van der Waals surface area (Å²) in [5.41, 5.74) is 12.3. The van der Waals surface area contributed by atoms with Gasteiger partial charge in [0.2, 0.25) is 0 Å². The van der Waals surface area contributed by atoms with E-state index in [1.54, 1.807) is 0 Å². The number of aryl methyl sites for hydroxylation is 2. The molecule has 1 aromatic carbocycles. The van der Waals surface area contributed by atoms with Crippen molar-refractivity contribution in [3.05, 3.63) is 46.8 Å². The van der Waals surface area contributed by atoms with Crippen molar-refractivity contribution in [3.8, 4) is 11.4 Å². The topological polar surface area (TPSA) is 51.8 Å². The molecule has 2 N–H and O–H groups in total. The van der Waals surface area contributed by atoms with E-state index in [1.165, 1.54) is 11.1 Å². The number of fused-ring (bicyclic) bond motifs is 1. The van der Waals surface area contributed by atoms with Crippen molar-refractivity contribution in [2.75, 3.05) is 0 Å². The smallest absolute Gasteiger partial charge is 0.159 e. The number of nitrogens with zero attached hydrogens (tertiary/aromatic N) is 2. The fourth-order valence-electron chi connectivity index (χ4n) is 3.40. The molecule has 1 aliphatic rings. The molecule has 0 saturated carbocycles. The Hall–Kier alpha value is -1.74. The van der Waals surface area contributed by atoms with E-state index in [0.717, 1.165) is 35.5 Å². The Morgan fingerprint density at radius 2 is 1.86 bits per heavy atom. The normalized spacial score (nSPS) is 20.1. The van der Waals surface area contributed by atoms with Gasteiger partial charge in [-0.05, 0) is 43.2 Å². The van der Waals surface area contributed by atoms with Gasteiger partial charge in [-0.25, -0.2) is 9.97 Å². The summed E-state index contributed by atoms with van der Waals surface area (Å²) in [5, 5.41) is 0. The van der Waals surface area contributed by atoms with Gasteiger partial charge in [-0.15, -0.1) is 0 Å². The predicted molar refractivity (Wildman–Crippen MR) is 86.0 cm³/mol. The molecule has 1 heterocycles. The molecule has 1 atom stereocenters. The van der Waals surface area contributed by atoms with E-state index in [-0.39, 0.29) is 11.5 Å². The van der Waals surface area contributed by atoms with E-state index in [9.17, 15) is 0 Å². The van der Waals surface area contributed by atoms with E-state index in [0.29, 0.717) is 0 Å². The van der Waals surface area contributed by atoms with Crippen molar-refractivity contribution in [2.45, 2.75) is 46.6 Å². The zero-order chi connectivity index (χ0) is 15.2. The summed E-state index contributed by atoms with van der Waals surface area (Å²) in [5.74, 6) is 0.828. The molecular formula is C18H23N3. The van der Waals surface area contributed by atoms with Crippen molar-refractivity contribution in [2.24, 2.45) is 11.1 Å². The Bertz CT molecular complexity index is 669. The van der Waals surface area contributed by atoms with Crippen LogP contribution in [0, 0.1) is 19.3 Å². The Morgan fingerprint density at radius 3 is 2.52 bits per heavy atom. The average Bonchev–Trinajstić information content (AvgIpc) is 2.36. The summed E-state index contributed by atoms with van der Waals surface area (Å²) in [6, 6.07) is 6.35. The highest BCUT2D eigenvalue weighted by atomic mass is 14.9. The van der Waals surface area contributed by atoms with Gasteiger partial charge in [0.05, 0.1) is 0 Å².